The fraction of sp³-hybridized carbons (Fsp3) is 0.571. The Morgan fingerprint density at radius 1 is 1.40 bits per heavy atom. The van der Waals surface area contributed by atoms with Gasteiger partial charge in [-0.15, -0.1) is 0 Å². The Bertz CT molecular complexity index is 410. The smallest absolute Gasteiger partial charge is 0.251 e. The van der Waals surface area contributed by atoms with Crippen molar-refractivity contribution >= 4 is 11.7 Å². The predicted molar refractivity (Wildman–Crippen MR) is 80.1 cm³/mol. The summed E-state index contributed by atoms with van der Waals surface area (Å²) in [5, 5.41) is 6.05. The molecule has 0 aliphatic heterocycles. The average Bonchev–Trinajstić information content (AvgIpc) is 2.43. The Morgan fingerprint density at radius 3 is 2.90 bits per heavy atom. The van der Waals surface area contributed by atoms with Crippen molar-refractivity contribution in [1.29, 1.82) is 0 Å². The van der Waals surface area contributed by atoms with Crippen molar-refractivity contribution in [2.24, 2.45) is 0 Å². The first-order valence-corrected chi connectivity index (χ1v) is 6.75. The van der Waals surface area contributed by atoms with Gasteiger partial charge >= 0.3 is 0 Å². The number of likely N-dealkylation sites (N-methyl/N-ethyl adjacent to an activating group) is 1. The molecule has 0 bridgehead atoms. The second-order valence-electron chi connectivity index (χ2n) is 4.76. The van der Waals surface area contributed by atoms with Gasteiger partial charge in [0.15, 0.2) is 0 Å². The summed E-state index contributed by atoms with van der Waals surface area (Å²) in [4.78, 5) is 18.2. The molecule has 20 heavy (non-hydrogen) atoms. The van der Waals surface area contributed by atoms with Crippen LogP contribution in [0.2, 0.25) is 0 Å². The van der Waals surface area contributed by atoms with E-state index in [1.54, 1.807) is 25.4 Å². The van der Waals surface area contributed by atoms with Gasteiger partial charge in [-0.05, 0) is 32.6 Å². The zero-order chi connectivity index (χ0) is 14.8. The lowest BCUT2D eigenvalue weighted by atomic mass is 10.2. The van der Waals surface area contributed by atoms with Crippen molar-refractivity contribution in [2.45, 2.75) is 6.42 Å². The standard InChI is InChI=1S/C14H24N4O2/c1-18(2)9-8-17-14(19)12-5-7-16-13(11-12)15-6-4-10-20-3/h5,7,11H,4,6,8-10H2,1-3H3,(H,15,16)(H,17,19). The van der Waals surface area contributed by atoms with Crippen molar-refractivity contribution in [3.05, 3.63) is 23.9 Å². The lowest BCUT2D eigenvalue weighted by Crippen LogP contribution is -2.31. The van der Waals surface area contributed by atoms with E-state index >= 15 is 0 Å². The van der Waals surface area contributed by atoms with Crippen molar-refractivity contribution in [3.63, 3.8) is 0 Å². The number of hydrogen-bond donors (Lipinski definition) is 2. The minimum atomic E-state index is -0.0748. The monoisotopic (exact) mass is 280 g/mol. The van der Waals surface area contributed by atoms with Crippen LogP contribution in [0.3, 0.4) is 0 Å². The maximum atomic E-state index is 11.9. The van der Waals surface area contributed by atoms with E-state index in [9.17, 15) is 4.79 Å². The third kappa shape index (κ3) is 6.49. The molecular formula is C14H24N4O2. The SMILES string of the molecule is COCCCNc1cc(C(=O)NCCN(C)C)ccn1. The third-order valence-corrected chi connectivity index (χ3v) is 2.70. The molecule has 0 aliphatic rings. The molecule has 1 aromatic heterocycles. The van der Waals surface area contributed by atoms with Gasteiger partial charge in [-0.2, -0.15) is 0 Å². The number of amides is 1. The number of aromatic nitrogens is 1. The van der Waals surface area contributed by atoms with Crippen LogP contribution in [-0.4, -0.2) is 63.2 Å². The number of anilines is 1. The summed E-state index contributed by atoms with van der Waals surface area (Å²) in [7, 11) is 5.62. The zero-order valence-electron chi connectivity index (χ0n) is 12.5. The van der Waals surface area contributed by atoms with Crippen LogP contribution in [0.1, 0.15) is 16.8 Å². The molecule has 2 N–H and O–H groups in total. The minimum Gasteiger partial charge on any atom is -0.385 e. The number of carbonyl (C=O) groups is 1. The van der Waals surface area contributed by atoms with E-state index in [4.69, 9.17) is 4.74 Å². The molecule has 0 saturated heterocycles. The lowest BCUT2D eigenvalue weighted by molar-refractivity contribution is 0.0951. The Labute approximate surface area is 120 Å². The van der Waals surface area contributed by atoms with Crippen LogP contribution in [-0.2, 0) is 4.74 Å². The summed E-state index contributed by atoms with van der Waals surface area (Å²) in [5.74, 6) is 0.635. The van der Waals surface area contributed by atoms with E-state index in [1.807, 2.05) is 19.0 Å². The maximum absolute atomic E-state index is 11.9. The Balaban J connectivity index is 2.43. The molecule has 1 amide bonds. The fourth-order valence-corrected chi connectivity index (χ4v) is 1.60. The largest absolute Gasteiger partial charge is 0.385 e. The predicted octanol–water partition coefficient (Wildman–Crippen LogP) is 0.821. The molecule has 0 aromatic carbocycles. The van der Waals surface area contributed by atoms with E-state index < -0.39 is 0 Å². The molecule has 112 valence electrons. The first-order valence-electron chi connectivity index (χ1n) is 6.75. The second-order valence-corrected chi connectivity index (χ2v) is 4.76. The highest BCUT2D eigenvalue weighted by atomic mass is 16.5. The maximum Gasteiger partial charge on any atom is 0.251 e. The third-order valence-electron chi connectivity index (χ3n) is 2.70. The summed E-state index contributed by atoms with van der Waals surface area (Å²) < 4.78 is 4.98. The zero-order valence-corrected chi connectivity index (χ0v) is 12.5. The van der Waals surface area contributed by atoms with Crippen LogP contribution in [0.4, 0.5) is 5.82 Å². The van der Waals surface area contributed by atoms with Crippen LogP contribution < -0.4 is 10.6 Å². The Kier molecular flexibility index (Phi) is 7.60. The van der Waals surface area contributed by atoms with Crippen LogP contribution in [0, 0.1) is 0 Å². The number of nitrogens with zero attached hydrogens (tertiary/aromatic N) is 2. The van der Waals surface area contributed by atoms with Crippen molar-refractivity contribution in [2.75, 3.05) is 52.8 Å². The molecule has 0 spiro atoms. The quantitative estimate of drug-likeness (QED) is 0.656. The van der Waals surface area contributed by atoms with Crippen LogP contribution in [0.5, 0.6) is 0 Å². The van der Waals surface area contributed by atoms with Gasteiger partial charge in [0.05, 0.1) is 0 Å². The van der Waals surface area contributed by atoms with Gasteiger partial charge in [0, 0.05) is 45.1 Å². The van der Waals surface area contributed by atoms with E-state index in [0.717, 1.165) is 19.5 Å². The van der Waals surface area contributed by atoms with E-state index in [1.165, 1.54) is 0 Å². The topological polar surface area (TPSA) is 66.5 Å². The summed E-state index contributed by atoms with van der Waals surface area (Å²) in [6, 6.07) is 3.48. The van der Waals surface area contributed by atoms with E-state index in [0.29, 0.717) is 24.5 Å². The summed E-state index contributed by atoms with van der Waals surface area (Å²) >= 11 is 0. The fourth-order valence-electron chi connectivity index (χ4n) is 1.60. The molecule has 0 saturated carbocycles. The molecule has 1 aromatic rings. The average molecular weight is 280 g/mol. The van der Waals surface area contributed by atoms with Crippen molar-refractivity contribution < 1.29 is 9.53 Å². The highest BCUT2D eigenvalue weighted by Gasteiger charge is 2.06. The van der Waals surface area contributed by atoms with Crippen molar-refractivity contribution in [1.82, 2.24) is 15.2 Å². The number of methoxy groups -OCH3 is 1. The van der Waals surface area contributed by atoms with E-state index in [2.05, 4.69) is 15.6 Å². The molecule has 0 fully saturated rings. The highest BCUT2D eigenvalue weighted by Crippen LogP contribution is 2.06. The molecule has 0 atom stereocenters. The molecule has 0 aliphatic carbocycles. The van der Waals surface area contributed by atoms with Crippen molar-refractivity contribution in [3.8, 4) is 0 Å². The van der Waals surface area contributed by atoms with Gasteiger partial charge < -0.3 is 20.3 Å². The number of pyridine rings is 1. The van der Waals surface area contributed by atoms with Gasteiger partial charge in [-0.1, -0.05) is 0 Å². The molecular weight excluding hydrogens is 256 g/mol. The first-order chi connectivity index (χ1) is 9.63. The van der Waals surface area contributed by atoms with Crippen LogP contribution in [0.15, 0.2) is 18.3 Å². The molecule has 1 heterocycles. The van der Waals surface area contributed by atoms with Crippen LogP contribution >= 0.6 is 0 Å². The van der Waals surface area contributed by atoms with Gasteiger partial charge in [-0.3, -0.25) is 4.79 Å². The molecule has 6 nitrogen and oxygen atoms in total. The summed E-state index contributed by atoms with van der Waals surface area (Å²) in [6.45, 7) is 2.92. The van der Waals surface area contributed by atoms with E-state index in [-0.39, 0.29) is 5.91 Å². The molecule has 6 heteroatoms. The molecule has 0 radical (unpaired) electrons. The summed E-state index contributed by atoms with van der Waals surface area (Å²) in [5.41, 5.74) is 0.619. The van der Waals surface area contributed by atoms with Crippen LogP contribution in [0.25, 0.3) is 0 Å². The molecule has 1 rings (SSSR count). The number of ether oxygens (including phenoxy) is 1. The minimum absolute atomic E-state index is 0.0748. The van der Waals surface area contributed by atoms with Gasteiger partial charge in [0.25, 0.3) is 5.91 Å². The summed E-state index contributed by atoms with van der Waals surface area (Å²) in [6.07, 6.45) is 2.54. The van der Waals surface area contributed by atoms with Gasteiger partial charge in [0.2, 0.25) is 0 Å². The lowest BCUT2D eigenvalue weighted by Gasteiger charge is -2.11. The Morgan fingerprint density at radius 2 is 2.20 bits per heavy atom. The first kappa shape index (κ1) is 16.4. The second kappa shape index (κ2) is 9.28. The normalized spacial score (nSPS) is 10.6. The Hall–Kier alpha value is -1.66. The van der Waals surface area contributed by atoms with Gasteiger partial charge in [0.1, 0.15) is 5.82 Å². The number of carbonyl (C=O) groups excluding carboxylic acids is 1. The van der Waals surface area contributed by atoms with Gasteiger partial charge in [-0.25, -0.2) is 4.98 Å². The number of rotatable bonds is 9. The number of hydrogen-bond acceptors (Lipinski definition) is 5. The number of nitrogens with one attached hydrogen (secondary N) is 2. The molecule has 0 unspecified atom stereocenters. The highest BCUT2D eigenvalue weighted by molar-refractivity contribution is 5.94.